The molecule has 3 rings (SSSR count). The van der Waals surface area contributed by atoms with Gasteiger partial charge in [0.15, 0.2) is 0 Å². The SMILES string of the molecule is NC1NNC2CC(Oc3ccccc3)CCC12. The van der Waals surface area contributed by atoms with Gasteiger partial charge in [-0.2, -0.15) is 0 Å². The lowest BCUT2D eigenvalue weighted by Gasteiger charge is -2.32. The maximum absolute atomic E-state index is 5.99. The van der Waals surface area contributed by atoms with E-state index in [1.165, 1.54) is 0 Å². The van der Waals surface area contributed by atoms with E-state index in [0.29, 0.717) is 18.1 Å². The summed E-state index contributed by atoms with van der Waals surface area (Å²) in [6, 6.07) is 10.5. The van der Waals surface area contributed by atoms with Gasteiger partial charge in [0.05, 0.1) is 6.17 Å². The molecule has 4 heteroatoms. The third-order valence-electron chi connectivity index (χ3n) is 3.80. The number of ether oxygens (including phenoxy) is 1. The first-order valence-electron chi connectivity index (χ1n) is 6.31. The van der Waals surface area contributed by atoms with Gasteiger partial charge in [0.1, 0.15) is 11.9 Å². The van der Waals surface area contributed by atoms with Gasteiger partial charge >= 0.3 is 0 Å². The fourth-order valence-electron chi connectivity index (χ4n) is 2.86. The van der Waals surface area contributed by atoms with Crippen LogP contribution in [0.5, 0.6) is 5.75 Å². The summed E-state index contributed by atoms with van der Waals surface area (Å²) in [5.74, 6) is 1.51. The second-order valence-corrected chi connectivity index (χ2v) is 4.95. The number of rotatable bonds is 2. The minimum absolute atomic E-state index is 0.0951. The fraction of sp³-hybridized carbons (Fsp3) is 0.538. The Bertz CT molecular complexity index is 370. The largest absolute Gasteiger partial charge is 0.490 e. The summed E-state index contributed by atoms with van der Waals surface area (Å²) in [5.41, 5.74) is 12.4. The van der Waals surface area contributed by atoms with E-state index in [2.05, 4.69) is 10.9 Å². The van der Waals surface area contributed by atoms with E-state index >= 15 is 0 Å². The van der Waals surface area contributed by atoms with Crippen LogP contribution in [0.3, 0.4) is 0 Å². The number of nitrogens with one attached hydrogen (secondary N) is 2. The van der Waals surface area contributed by atoms with E-state index < -0.39 is 0 Å². The first kappa shape index (κ1) is 11.0. The molecular formula is C13H19N3O. The fourth-order valence-corrected chi connectivity index (χ4v) is 2.86. The van der Waals surface area contributed by atoms with Crippen molar-refractivity contribution < 1.29 is 4.74 Å². The molecule has 4 atom stereocenters. The summed E-state index contributed by atoms with van der Waals surface area (Å²) in [7, 11) is 0. The molecule has 0 amide bonds. The summed E-state index contributed by atoms with van der Waals surface area (Å²) in [4.78, 5) is 0. The number of hydrogen-bond acceptors (Lipinski definition) is 4. The summed E-state index contributed by atoms with van der Waals surface area (Å²) in [6.45, 7) is 0. The van der Waals surface area contributed by atoms with Crippen LogP contribution in [-0.2, 0) is 0 Å². The zero-order valence-electron chi connectivity index (χ0n) is 9.80. The van der Waals surface area contributed by atoms with Gasteiger partial charge in [0.25, 0.3) is 0 Å². The zero-order valence-corrected chi connectivity index (χ0v) is 9.80. The first-order valence-corrected chi connectivity index (χ1v) is 6.31. The van der Waals surface area contributed by atoms with Crippen LogP contribution in [-0.4, -0.2) is 18.3 Å². The molecule has 2 fully saturated rings. The van der Waals surface area contributed by atoms with Crippen molar-refractivity contribution in [3.63, 3.8) is 0 Å². The maximum atomic E-state index is 5.99. The standard InChI is InChI=1S/C13H19N3O/c14-13-11-7-6-10(8-12(11)15-16-13)17-9-4-2-1-3-5-9/h1-5,10-13,15-16H,6-8,14H2. The number of hydrogen-bond donors (Lipinski definition) is 3. The normalized spacial score (nSPS) is 36.5. The number of para-hydroxylation sites is 1. The topological polar surface area (TPSA) is 59.3 Å². The number of fused-ring (bicyclic) bond motifs is 1. The van der Waals surface area contributed by atoms with E-state index in [0.717, 1.165) is 25.0 Å². The second-order valence-electron chi connectivity index (χ2n) is 4.95. The zero-order chi connectivity index (χ0) is 11.7. The van der Waals surface area contributed by atoms with Crippen molar-refractivity contribution in [1.29, 1.82) is 0 Å². The minimum Gasteiger partial charge on any atom is -0.490 e. The summed E-state index contributed by atoms with van der Waals surface area (Å²) >= 11 is 0. The lowest BCUT2D eigenvalue weighted by atomic mass is 9.83. The van der Waals surface area contributed by atoms with Gasteiger partial charge in [0.2, 0.25) is 0 Å². The Hall–Kier alpha value is -1.10. The van der Waals surface area contributed by atoms with Crippen LogP contribution >= 0.6 is 0 Å². The van der Waals surface area contributed by atoms with Gasteiger partial charge in [-0.05, 0) is 25.0 Å². The Morgan fingerprint density at radius 2 is 1.94 bits per heavy atom. The average molecular weight is 233 g/mol. The van der Waals surface area contributed by atoms with Gasteiger partial charge in [-0.3, -0.25) is 5.43 Å². The van der Waals surface area contributed by atoms with Crippen LogP contribution in [0.1, 0.15) is 19.3 Å². The van der Waals surface area contributed by atoms with Crippen molar-refractivity contribution in [3.8, 4) is 5.75 Å². The van der Waals surface area contributed by atoms with Crippen molar-refractivity contribution in [2.24, 2.45) is 11.7 Å². The van der Waals surface area contributed by atoms with E-state index in [1.54, 1.807) is 0 Å². The van der Waals surface area contributed by atoms with Crippen LogP contribution in [0, 0.1) is 5.92 Å². The molecular weight excluding hydrogens is 214 g/mol. The van der Waals surface area contributed by atoms with Crippen molar-refractivity contribution in [2.45, 2.75) is 37.6 Å². The number of nitrogens with two attached hydrogens (primary N) is 1. The van der Waals surface area contributed by atoms with Gasteiger partial charge in [-0.25, -0.2) is 5.43 Å². The molecule has 1 saturated heterocycles. The molecule has 1 aromatic rings. The minimum atomic E-state index is 0.0951. The molecule has 0 radical (unpaired) electrons. The predicted octanol–water partition coefficient (Wildman–Crippen LogP) is 0.995. The smallest absolute Gasteiger partial charge is 0.119 e. The molecule has 92 valence electrons. The van der Waals surface area contributed by atoms with Crippen molar-refractivity contribution in [2.75, 3.05) is 0 Å². The Balaban J connectivity index is 1.60. The molecule has 1 heterocycles. The Morgan fingerprint density at radius 3 is 2.76 bits per heavy atom. The first-order chi connectivity index (χ1) is 8.33. The van der Waals surface area contributed by atoms with Crippen molar-refractivity contribution >= 4 is 0 Å². The molecule has 2 aliphatic rings. The Labute approximate surface area is 101 Å². The van der Waals surface area contributed by atoms with Crippen LogP contribution in [0.2, 0.25) is 0 Å². The van der Waals surface area contributed by atoms with Crippen LogP contribution in [0.15, 0.2) is 30.3 Å². The lowest BCUT2D eigenvalue weighted by Crippen LogP contribution is -2.40. The average Bonchev–Trinajstić information content (AvgIpc) is 2.72. The Morgan fingerprint density at radius 1 is 1.12 bits per heavy atom. The Kier molecular flexibility index (Phi) is 3.01. The van der Waals surface area contributed by atoms with Gasteiger partial charge in [-0.15, -0.1) is 0 Å². The lowest BCUT2D eigenvalue weighted by molar-refractivity contribution is 0.117. The molecule has 0 spiro atoms. The van der Waals surface area contributed by atoms with E-state index in [-0.39, 0.29) is 6.17 Å². The maximum Gasteiger partial charge on any atom is 0.119 e. The monoisotopic (exact) mass is 233 g/mol. The van der Waals surface area contributed by atoms with E-state index in [9.17, 15) is 0 Å². The van der Waals surface area contributed by atoms with E-state index in [4.69, 9.17) is 10.5 Å². The van der Waals surface area contributed by atoms with Gasteiger partial charge < -0.3 is 10.5 Å². The molecule has 1 aliphatic carbocycles. The third-order valence-corrected chi connectivity index (χ3v) is 3.80. The van der Waals surface area contributed by atoms with Gasteiger partial charge in [-0.1, -0.05) is 18.2 Å². The quantitative estimate of drug-likeness (QED) is 0.713. The van der Waals surface area contributed by atoms with Crippen LogP contribution in [0.25, 0.3) is 0 Å². The van der Waals surface area contributed by atoms with E-state index in [1.807, 2.05) is 30.3 Å². The molecule has 4 unspecified atom stereocenters. The molecule has 0 bridgehead atoms. The molecule has 1 aliphatic heterocycles. The predicted molar refractivity (Wildman–Crippen MR) is 66.2 cm³/mol. The molecule has 0 aromatic heterocycles. The highest BCUT2D eigenvalue weighted by Crippen LogP contribution is 2.30. The third kappa shape index (κ3) is 2.29. The van der Waals surface area contributed by atoms with Gasteiger partial charge in [0, 0.05) is 18.4 Å². The van der Waals surface area contributed by atoms with Crippen molar-refractivity contribution in [1.82, 2.24) is 10.9 Å². The molecule has 4 nitrogen and oxygen atoms in total. The number of benzene rings is 1. The highest BCUT2D eigenvalue weighted by Gasteiger charge is 2.39. The summed E-state index contributed by atoms with van der Waals surface area (Å²) in [6.07, 6.45) is 3.65. The summed E-state index contributed by atoms with van der Waals surface area (Å²) in [5, 5.41) is 0. The molecule has 1 saturated carbocycles. The second kappa shape index (κ2) is 4.64. The summed E-state index contributed by atoms with van der Waals surface area (Å²) < 4.78 is 5.99. The highest BCUT2D eigenvalue weighted by atomic mass is 16.5. The van der Waals surface area contributed by atoms with Crippen molar-refractivity contribution in [3.05, 3.63) is 30.3 Å². The highest BCUT2D eigenvalue weighted by molar-refractivity contribution is 5.21. The molecule has 4 N–H and O–H groups in total. The number of hydrazine groups is 1. The van der Waals surface area contributed by atoms with Crippen LogP contribution < -0.4 is 21.3 Å². The van der Waals surface area contributed by atoms with Crippen LogP contribution in [0.4, 0.5) is 0 Å². The molecule has 1 aromatic carbocycles. The molecule has 17 heavy (non-hydrogen) atoms.